The predicted octanol–water partition coefficient (Wildman–Crippen LogP) is 4.56. The van der Waals surface area contributed by atoms with Crippen LogP contribution in [0.25, 0.3) is 0 Å². The van der Waals surface area contributed by atoms with Crippen molar-refractivity contribution in [2.24, 2.45) is 0 Å². The molecule has 0 fully saturated rings. The summed E-state index contributed by atoms with van der Waals surface area (Å²) in [6.07, 6.45) is 8.34. The second kappa shape index (κ2) is 7.07. The minimum Gasteiger partial charge on any atom is -0.0620 e. The van der Waals surface area contributed by atoms with Crippen molar-refractivity contribution in [2.45, 2.75) is 40.0 Å². The molecule has 0 saturated carbocycles. The standard InChI is InChI=1S/C15H26P/c1-4-12-16(13-5-2,14-6-3)15-10-8-7-9-11-15/h7-11H,4-6,12-14H2,1-3H3/q+1. The van der Waals surface area contributed by atoms with Crippen molar-refractivity contribution >= 4 is 12.6 Å². The molecule has 0 atom stereocenters. The van der Waals surface area contributed by atoms with Crippen molar-refractivity contribution in [3.63, 3.8) is 0 Å². The Labute approximate surface area is 102 Å². The SMILES string of the molecule is CCC[P+](CCC)(CCC)c1ccccc1. The third-order valence-electron chi connectivity index (χ3n) is 3.26. The van der Waals surface area contributed by atoms with E-state index in [9.17, 15) is 0 Å². The van der Waals surface area contributed by atoms with E-state index in [1.165, 1.54) is 37.7 Å². The lowest BCUT2D eigenvalue weighted by Gasteiger charge is -2.26. The van der Waals surface area contributed by atoms with Crippen LogP contribution in [0.5, 0.6) is 0 Å². The van der Waals surface area contributed by atoms with E-state index >= 15 is 0 Å². The zero-order valence-electron chi connectivity index (χ0n) is 11.1. The van der Waals surface area contributed by atoms with Crippen molar-refractivity contribution in [2.75, 3.05) is 18.5 Å². The number of hydrogen-bond acceptors (Lipinski definition) is 0. The second-order valence-corrected chi connectivity index (χ2v) is 8.80. The van der Waals surface area contributed by atoms with Gasteiger partial charge >= 0.3 is 0 Å². The van der Waals surface area contributed by atoms with Gasteiger partial charge in [0.2, 0.25) is 0 Å². The summed E-state index contributed by atoms with van der Waals surface area (Å²) < 4.78 is 0. The van der Waals surface area contributed by atoms with E-state index in [0.717, 1.165) is 0 Å². The van der Waals surface area contributed by atoms with Gasteiger partial charge in [0, 0.05) is 7.26 Å². The minimum absolute atomic E-state index is 0.849. The lowest BCUT2D eigenvalue weighted by molar-refractivity contribution is 1.01. The van der Waals surface area contributed by atoms with Crippen LogP contribution in [0.4, 0.5) is 0 Å². The fraction of sp³-hybridized carbons (Fsp3) is 0.600. The third-order valence-corrected chi connectivity index (χ3v) is 8.56. The Kier molecular flexibility index (Phi) is 6.06. The van der Waals surface area contributed by atoms with E-state index in [-0.39, 0.29) is 0 Å². The Balaban J connectivity index is 2.99. The van der Waals surface area contributed by atoms with Crippen molar-refractivity contribution < 1.29 is 0 Å². The molecule has 0 aromatic heterocycles. The molecule has 1 aromatic rings. The monoisotopic (exact) mass is 237 g/mol. The fourth-order valence-corrected chi connectivity index (χ4v) is 7.57. The summed E-state index contributed by atoms with van der Waals surface area (Å²) in [5, 5.41) is 1.67. The molecule has 90 valence electrons. The van der Waals surface area contributed by atoms with Crippen LogP contribution in [0.2, 0.25) is 0 Å². The molecule has 0 aliphatic carbocycles. The fourth-order valence-electron chi connectivity index (χ4n) is 2.75. The van der Waals surface area contributed by atoms with Crippen LogP contribution < -0.4 is 5.30 Å². The first-order valence-corrected chi connectivity index (χ1v) is 9.05. The summed E-state index contributed by atoms with van der Waals surface area (Å²) in [6, 6.07) is 11.3. The van der Waals surface area contributed by atoms with Crippen molar-refractivity contribution in [3.8, 4) is 0 Å². The summed E-state index contributed by atoms with van der Waals surface area (Å²) in [4.78, 5) is 0. The van der Waals surface area contributed by atoms with Gasteiger partial charge in [0.15, 0.2) is 0 Å². The first-order valence-electron chi connectivity index (χ1n) is 6.70. The molecule has 0 N–H and O–H groups in total. The second-order valence-electron chi connectivity index (χ2n) is 4.65. The Morgan fingerprint density at radius 2 is 1.19 bits per heavy atom. The molecule has 1 aromatic carbocycles. The summed E-state index contributed by atoms with van der Waals surface area (Å²) in [6.45, 7) is 7.01. The largest absolute Gasteiger partial charge is 0.0939 e. The highest BCUT2D eigenvalue weighted by Gasteiger charge is 2.36. The van der Waals surface area contributed by atoms with E-state index in [1.54, 1.807) is 5.30 Å². The number of benzene rings is 1. The average molecular weight is 237 g/mol. The molecule has 16 heavy (non-hydrogen) atoms. The van der Waals surface area contributed by atoms with E-state index in [4.69, 9.17) is 0 Å². The van der Waals surface area contributed by atoms with Crippen LogP contribution >= 0.6 is 7.26 Å². The van der Waals surface area contributed by atoms with E-state index in [1.807, 2.05) is 0 Å². The zero-order chi connectivity index (χ0) is 11.9. The lowest BCUT2D eigenvalue weighted by atomic mass is 10.4. The number of rotatable bonds is 7. The third kappa shape index (κ3) is 3.32. The maximum Gasteiger partial charge on any atom is 0.0939 e. The van der Waals surface area contributed by atoms with Crippen molar-refractivity contribution in [1.82, 2.24) is 0 Å². The summed E-state index contributed by atoms with van der Waals surface area (Å²) >= 11 is 0. The van der Waals surface area contributed by atoms with Gasteiger partial charge in [0.1, 0.15) is 0 Å². The van der Waals surface area contributed by atoms with Gasteiger partial charge in [-0.3, -0.25) is 0 Å². The molecular weight excluding hydrogens is 211 g/mol. The first kappa shape index (κ1) is 13.7. The Hall–Kier alpha value is -0.350. The molecule has 0 aliphatic rings. The van der Waals surface area contributed by atoms with E-state index in [0.29, 0.717) is 0 Å². The Morgan fingerprint density at radius 1 is 0.750 bits per heavy atom. The van der Waals surface area contributed by atoms with Gasteiger partial charge in [-0.25, -0.2) is 0 Å². The van der Waals surface area contributed by atoms with Crippen molar-refractivity contribution in [3.05, 3.63) is 30.3 Å². The van der Waals surface area contributed by atoms with Crippen LogP contribution in [0.3, 0.4) is 0 Å². The molecule has 0 nitrogen and oxygen atoms in total. The molecule has 0 amide bonds. The van der Waals surface area contributed by atoms with Gasteiger partial charge in [0.05, 0.1) is 23.8 Å². The van der Waals surface area contributed by atoms with Gasteiger partial charge in [-0.15, -0.1) is 0 Å². The molecule has 0 aliphatic heterocycles. The highest BCUT2D eigenvalue weighted by Crippen LogP contribution is 2.58. The van der Waals surface area contributed by atoms with Gasteiger partial charge in [-0.1, -0.05) is 39.0 Å². The first-order chi connectivity index (χ1) is 7.79. The van der Waals surface area contributed by atoms with Crippen molar-refractivity contribution in [1.29, 1.82) is 0 Å². The maximum absolute atomic E-state index is 2.37. The minimum atomic E-state index is -0.849. The predicted molar refractivity (Wildman–Crippen MR) is 78.5 cm³/mol. The molecule has 0 heterocycles. The summed E-state index contributed by atoms with van der Waals surface area (Å²) in [7, 11) is -0.849. The molecule has 0 saturated heterocycles. The number of hydrogen-bond donors (Lipinski definition) is 0. The quantitative estimate of drug-likeness (QED) is 0.610. The lowest BCUT2D eigenvalue weighted by Crippen LogP contribution is -2.20. The highest BCUT2D eigenvalue weighted by atomic mass is 31.2. The molecule has 0 unspecified atom stereocenters. The smallest absolute Gasteiger partial charge is 0.0620 e. The highest BCUT2D eigenvalue weighted by molar-refractivity contribution is 7.82. The zero-order valence-corrected chi connectivity index (χ0v) is 12.0. The summed E-state index contributed by atoms with van der Waals surface area (Å²) in [5.74, 6) is 0. The molecule has 0 radical (unpaired) electrons. The molecule has 1 heteroatoms. The van der Waals surface area contributed by atoms with Crippen LogP contribution in [0, 0.1) is 0 Å². The molecule has 0 spiro atoms. The van der Waals surface area contributed by atoms with Crippen LogP contribution in [-0.4, -0.2) is 18.5 Å². The molecular formula is C15H26P+. The van der Waals surface area contributed by atoms with Crippen LogP contribution in [0.15, 0.2) is 30.3 Å². The van der Waals surface area contributed by atoms with Gasteiger partial charge in [-0.2, -0.15) is 0 Å². The van der Waals surface area contributed by atoms with Gasteiger partial charge in [0.25, 0.3) is 0 Å². The Bertz CT molecular complexity index is 262. The topological polar surface area (TPSA) is 0 Å². The summed E-state index contributed by atoms with van der Waals surface area (Å²) in [5.41, 5.74) is 0. The van der Waals surface area contributed by atoms with Crippen LogP contribution in [0.1, 0.15) is 40.0 Å². The van der Waals surface area contributed by atoms with Crippen LogP contribution in [-0.2, 0) is 0 Å². The van der Waals surface area contributed by atoms with E-state index in [2.05, 4.69) is 51.1 Å². The Morgan fingerprint density at radius 3 is 1.56 bits per heavy atom. The van der Waals surface area contributed by atoms with Gasteiger partial charge < -0.3 is 0 Å². The molecule has 1 rings (SSSR count). The molecule has 0 bridgehead atoms. The van der Waals surface area contributed by atoms with Gasteiger partial charge in [-0.05, 0) is 31.4 Å². The normalized spacial score (nSPS) is 11.7. The van der Waals surface area contributed by atoms with E-state index < -0.39 is 7.26 Å². The average Bonchev–Trinajstić information content (AvgIpc) is 2.31. The maximum atomic E-state index is 2.37.